The van der Waals surface area contributed by atoms with Gasteiger partial charge in [0.25, 0.3) is 0 Å². The number of aryl methyl sites for hydroxylation is 1. The molecule has 42 heavy (non-hydrogen) atoms. The summed E-state index contributed by atoms with van der Waals surface area (Å²) in [5, 5.41) is 5.05. The van der Waals surface area contributed by atoms with Gasteiger partial charge in [-0.25, -0.2) is 0 Å². The molecule has 1 aliphatic heterocycles. The van der Waals surface area contributed by atoms with E-state index in [-0.39, 0.29) is 37.2 Å². The summed E-state index contributed by atoms with van der Waals surface area (Å²) in [6.07, 6.45) is 3.56. The molecule has 0 saturated carbocycles. The second-order valence-electron chi connectivity index (χ2n) is 8.55. The molecule has 4 N–H and O–H groups in total. The van der Waals surface area contributed by atoms with Gasteiger partial charge in [-0.05, 0) is 43.9 Å². The van der Waals surface area contributed by atoms with Gasteiger partial charge in [0.1, 0.15) is 5.75 Å². The average molecular weight is 587 g/mol. The number of esters is 1. The quantitative estimate of drug-likeness (QED) is 0.166. The number of nitrogens with one attached hydrogen (secondary N) is 2. The third-order valence-electron chi connectivity index (χ3n) is 5.26. The summed E-state index contributed by atoms with van der Waals surface area (Å²) in [5.41, 5.74) is 7.31. The molecule has 0 bridgehead atoms. The van der Waals surface area contributed by atoms with E-state index in [1.165, 1.54) is 12.5 Å². The third-order valence-corrected chi connectivity index (χ3v) is 5.26. The summed E-state index contributed by atoms with van der Waals surface area (Å²) >= 11 is 0. The molecular formula is C32H50N4O6. The molecule has 0 radical (unpaired) electrons. The van der Waals surface area contributed by atoms with Crippen molar-refractivity contribution in [1.82, 2.24) is 15.5 Å². The molecule has 2 aromatic rings. The SMILES string of the molecule is CC.CC.CC(=O)Oc1ccc(CCNC=O)cc1.Cc1ccccc1.NC(=O)CCC(=O)NCC(=O)N1CCCC1. The van der Waals surface area contributed by atoms with Crippen LogP contribution in [0.3, 0.4) is 0 Å². The predicted octanol–water partition coefficient (Wildman–Crippen LogP) is 3.94. The lowest BCUT2D eigenvalue weighted by molar-refractivity contribution is -0.132. The van der Waals surface area contributed by atoms with Crippen LogP contribution in [0.1, 0.15) is 71.4 Å². The molecule has 0 unspecified atom stereocenters. The number of carbonyl (C=O) groups excluding carboxylic acids is 5. The Kier molecular flexibility index (Phi) is 25.7. The van der Waals surface area contributed by atoms with Crippen LogP contribution < -0.4 is 21.1 Å². The Bertz CT molecular complexity index is 1010. The van der Waals surface area contributed by atoms with Crippen molar-refractivity contribution in [3.8, 4) is 5.75 Å². The first kappa shape index (κ1) is 39.9. The predicted molar refractivity (Wildman–Crippen MR) is 167 cm³/mol. The van der Waals surface area contributed by atoms with E-state index in [1.54, 1.807) is 17.0 Å². The highest BCUT2D eigenvalue weighted by molar-refractivity contribution is 5.87. The molecule has 10 nitrogen and oxygen atoms in total. The van der Waals surface area contributed by atoms with Crippen molar-refractivity contribution in [1.29, 1.82) is 0 Å². The van der Waals surface area contributed by atoms with Gasteiger partial charge in [-0.3, -0.25) is 24.0 Å². The maximum absolute atomic E-state index is 11.5. The smallest absolute Gasteiger partial charge is 0.308 e. The minimum Gasteiger partial charge on any atom is -0.427 e. The molecule has 1 fully saturated rings. The summed E-state index contributed by atoms with van der Waals surface area (Å²) < 4.78 is 4.88. The van der Waals surface area contributed by atoms with Gasteiger partial charge in [0.05, 0.1) is 6.54 Å². The fourth-order valence-corrected chi connectivity index (χ4v) is 3.28. The molecule has 10 heteroatoms. The molecule has 0 atom stereocenters. The lowest BCUT2D eigenvalue weighted by atomic mass is 10.1. The summed E-state index contributed by atoms with van der Waals surface area (Å²) in [5.74, 6) is -0.683. The highest BCUT2D eigenvalue weighted by Crippen LogP contribution is 2.12. The zero-order valence-electron chi connectivity index (χ0n) is 26.1. The van der Waals surface area contributed by atoms with Crippen molar-refractivity contribution in [2.24, 2.45) is 5.73 Å². The normalized spacial score (nSPS) is 10.8. The Balaban J connectivity index is 0. The largest absolute Gasteiger partial charge is 0.427 e. The van der Waals surface area contributed by atoms with Gasteiger partial charge in [-0.15, -0.1) is 0 Å². The van der Waals surface area contributed by atoms with Crippen LogP contribution in [0.4, 0.5) is 0 Å². The Morgan fingerprint density at radius 3 is 1.93 bits per heavy atom. The molecule has 0 aromatic heterocycles. The highest BCUT2D eigenvalue weighted by atomic mass is 16.5. The number of hydrogen-bond donors (Lipinski definition) is 3. The van der Waals surface area contributed by atoms with E-state index in [1.807, 2.05) is 58.0 Å². The Morgan fingerprint density at radius 2 is 1.48 bits per heavy atom. The van der Waals surface area contributed by atoms with Gasteiger partial charge < -0.3 is 26.0 Å². The number of hydrogen-bond acceptors (Lipinski definition) is 6. The van der Waals surface area contributed by atoms with Crippen molar-refractivity contribution in [2.75, 3.05) is 26.2 Å². The molecule has 4 amide bonds. The number of carbonyl (C=O) groups is 5. The zero-order chi connectivity index (χ0) is 32.2. The first-order chi connectivity index (χ1) is 20.2. The molecular weight excluding hydrogens is 536 g/mol. The zero-order valence-corrected chi connectivity index (χ0v) is 26.1. The van der Waals surface area contributed by atoms with Crippen LogP contribution in [0.5, 0.6) is 5.75 Å². The fraction of sp³-hybridized carbons (Fsp3) is 0.469. The number of amides is 4. The molecule has 2 aromatic carbocycles. The number of ether oxygens (including phenoxy) is 1. The molecule has 1 heterocycles. The van der Waals surface area contributed by atoms with E-state index in [2.05, 4.69) is 29.7 Å². The second-order valence-corrected chi connectivity index (χ2v) is 8.55. The minimum atomic E-state index is -0.513. The Labute approximate surface area is 251 Å². The second kappa shape index (κ2) is 27.0. The van der Waals surface area contributed by atoms with Crippen LogP contribution in [0, 0.1) is 6.92 Å². The summed E-state index contributed by atoms with van der Waals surface area (Å²) in [4.78, 5) is 55.5. The van der Waals surface area contributed by atoms with Gasteiger partial charge in [0, 0.05) is 39.4 Å². The lowest BCUT2D eigenvalue weighted by Crippen LogP contribution is -2.38. The Hall–Kier alpha value is -4.21. The van der Waals surface area contributed by atoms with Crippen molar-refractivity contribution in [2.45, 2.75) is 73.6 Å². The molecule has 1 saturated heterocycles. The van der Waals surface area contributed by atoms with Crippen molar-refractivity contribution >= 4 is 30.1 Å². The van der Waals surface area contributed by atoms with E-state index in [0.29, 0.717) is 18.7 Å². The fourth-order valence-electron chi connectivity index (χ4n) is 3.28. The monoisotopic (exact) mass is 586 g/mol. The molecule has 0 aliphatic carbocycles. The van der Waals surface area contributed by atoms with Crippen molar-refractivity contribution in [3.05, 3.63) is 65.7 Å². The van der Waals surface area contributed by atoms with Gasteiger partial charge in [0.15, 0.2) is 0 Å². The van der Waals surface area contributed by atoms with E-state index in [9.17, 15) is 24.0 Å². The number of primary amides is 1. The van der Waals surface area contributed by atoms with Crippen LogP contribution in [-0.2, 0) is 30.4 Å². The number of nitrogens with zero attached hydrogens (tertiary/aromatic N) is 1. The summed E-state index contributed by atoms with van der Waals surface area (Å²) in [6.45, 7) is 13.6. The van der Waals surface area contributed by atoms with Crippen LogP contribution in [0.2, 0.25) is 0 Å². The number of benzene rings is 2. The topological polar surface area (TPSA) is 148 Å². The summed E-state index contributed by atoms with van der Waals surface area (Å²) in [7, 11) is 0. The molecule has 0 spiro atoms. The first-order valence-corrected chi connectivity index (χ1v) is 14.5. The Morgan fingerprint density at radius 1 is 0.905 bits per heavy atom. The summed E-state index contributed by atoms with van der Waals surface area (Å²) in [6, 6.07) is 17.5. The van der Waals surface area contributed by atoms with E-state index < -0.39 is 5.91 Å². The molecule has 3 rings (SSSR count). The van der Waals surface area contributed by atoms with Crippen LogP contribution in [-0.4, -0.2) is 61.2 Å². The molecule has 1 aliphatic rings. The standard InChI is InChI=1S/C11H13NO3.C10H17N3O3.C7H8.2C2H6/c1-9(14)15-11-4-2-10(3-5-11)6-7-12-8-13;11-8(14)3-4-9(15)12-7-10(16)13-5-1-2-6-13;1-7-5-3-2-4-6-7;2*1-2/h2-5,8H,6-7H2,1H3,(H,12,13);1-7H2,(H2,11,14)(H,12,15);2-6H,1H3;2*1-2H3. The van der Waals surface area contributed by atoms with Crippen LogP contribution in [0.15, 0.2) is 54.6 Å². The van der Waals surface area contributed by atoms with Gasteiger partial charge in [-0.2, -0.15) is 0 Å². The van der Waals surface area contributed by atoms with Gasteiger partial charge in [-0.1, -0.05) is 75.7 Å². The third kappa shape index (κ3) is 22.6. The van der Waals surface area contributed by atoms with E-state index in [4.69, 9.17) is 10.5 Å². The molecule has 234 valence electrons. The van der Waals surface area contributed by atoms with Crippen LogP contribution in [0.25, 0.3) is 0 Å². The van der Waals surface area contributed by atoms with Crippen LogP contribution >= 0.6 is 0 Å². The lowest BCUT2D eigenvalue weighted by Gasteiger charge is -2.15. The maximum atomic E-state index is 11.5. The minimum absolute atomic E-state index is 0.0115. The number of nitrogens with two attached hydrogens (primary N) is 1. The van der Waals surface area contributed by atoms with Crippen molar-refractivity contribution < 1.29 is 28.7 Å². The highest BCUT2D eigenvalue weighted by Gasteiger charge is 2.18. The van der Waals surface area contributed by atoms with Gasteiger partial charge >= 0.3 is 5.97 Å². The van der Waals surface area contributed by atoms with Crippen molar-refractivity contribution in [3.63, 3.8) is 0 Å². The first-order valence-electron chi connectivity index (χ1n) is 14.5. The number of rotatable bonds is 10. The van der Waals surface area contributed by atoms with E-state index >= 15 is 0 Å². The van der Waals surface area contributed by atoms with E-state index in [0.717, 1.165) is 37.9 Å². The number of likely N-dealkylation sites (tertiary alicyclic amines) is 1. The average Bonchev–Trinajstić information content (AvgIpc) is 3.54. The maximum Gasteiger partial charge on any atom is 0.308 e. The van der Waals surface area contributed by atoms with Gasteiger partial charge in [0.2, 0.25) is 24.1 Å².